The maximum atomic E-state index is 12.8. The van der Waals surface area contributed by atoms with Gasteiger partial charge in [-0.15, -0.1) is 0 Å². The molecule has 1 aromatic rings. The summed E-state index contributed by atoms with van der Waals surface area (Å²) in [5.74, 6) is 1.77. The van der Waals surface area contributed by atoms with Crippen LogP contribution in [0.2, 0.25) is 0 Å². The Bertz CT molecular complexity index is 815. The van der Waals surface area contributed by atoms with Gasteiger partial charge < -0.3 is 15.1 Å². The average Bonchev–Trinajstić information content (AvgIpc) is 3.57. The Kier molecular flexibility index (Phi) is 6.46. The molecule has 168 valence electrons. The molecule has 0 radical (unpaired) electrons. The summed E-state index contributed by atoms with van der Waals surface area (Å²) in [6, 6.07) is 3.98. The summed E-state index contributed by atoms with van der Waals surface area (Å²) in [6.45, 7) is 7.55. The van der Waals surface area contributed by atoms with Gasteiger partial charge in [-0.1, -0.05) is 26.0 Å². The highest BCUT2D eigenvalue weighted by molar-refractivity contribution is 6.06. The van der Waals surface area contributed by atoms with E-state index >= 15 is 0 Å². The van der Waals surface area contributed by atoms with Gasteiger partial charge in [0.05, 0.1) is 24.1 Å². The number of furan rings is 1. The van der Waals surface area contributed by atoms with Crippen LogP contribution < -0.4 is 10.6 Å². The van der Waals surface area contributed by atoms with Crippen molar-refractivity contribution in [2.24, 2.45) is 28.7 Å². The number of allylic oxidation sites excluding steroid dienone is 2. The molecule has 2 bridgehead atoms. The number of hydrogen-bond donors (Lipinski definition) is 2. The summed E-state index contributed by atoms with van der Waals surface area (Å²) in [5.41, 5.74) is 0. The smallest absolute Gasteiger partial charge is 0.233 e. The number of guanidine groups is 1. The zero-order chi connectivity index (χ0) is 22.0. The van der Waals surface area contributed by atoms with Gasteiger partial charge in [-0.3, -0.25) is 24.4 Å². The lowest BCUT2D eigenvalue weighted by Gasteiger charge is -2.29. The molecule has 1 saturated carbocycles. The number of aliphatic imine (C=N–C) groups is 1. The molecule has 5 unspecified atom stereocenters. The lowest BCUT2D eigenvalue weighted by molar-refractivity contribution is -0.140. The van der Waals surface area contributed by atoms with E-state index in [4.69, 9.17) is 4.42 Å². The van der Waals surface area contributed by atoms with Crippen LogP contribution in [0.25, 0.3) is 0 Å². The van der Waals surface area contributed by atoms with Gasteiger partial charge in [-0.05, 0) is 43.5 Å². The molecule has 2 heterocycles. The maximum Gasteiger partial charge on any atom is 0.233 e. The quantitative estimate of drug-likeness (QED) is 0.270. The fraction of sp³-hybridized carbons (Fsp3) is 0.609. The third kappa shape index (κ3) is 4.01. The topological polar surface area (TPSA) is 90.2 Å². The number of carbonyl (C=O) groups excluding carboxylic acids is 2. The van der Waals surface area contributed by atoms with Crippen molar-refractivity contribution < 1.29 is 14.0 Å². The van der Waals surface area contributed by atoms with Gasteiger partial charge in [-0.25, -0.2) is 0 Å². The van der Waals surface area contributed by atoms with Crippen LogP contribution in [0, 0.1) is 23.7 Å². The van der Waals surface area contributed by atoms with E-state index in [-0.39, 0.29) is 41.5 Å². The van der Waals surface area contributed by atoms with Gasteiger partial charge in [0.2, 0.25) is 11.8 Å². The van der Waals surface area contributed by atoms with Crippen molar-refractivity contribution in [3.8, 4) is 0 Å². The lowest BCUT2D eigenvalue weighted by atomic mass is 9.85. The lowest BCUT2D eigenvalue weighted by Crippen LogP contribution is -2.46. The monoisotopic (exact) mass is 427 g/mol. The van der Waals surface area contributed by atoms with E-state index in [1.54, 1.807) is 13.3 Å². The first-order valence-corrected chi connectivity index (χ1v) is 11.3. The molecule has 0 aromatic carbocycles. The summed E-state index contributed by atoms with van der Waals surface area (Å²) in [7, 11) is 1.72. The van der Waals surface area contributed by atoms with Crippen LogP contribution in [-0.4, -0.2) is 67.3 Å². The Balaban J connectivity index is 1.29. The number of imide groups is 1. The van der Waals surface area contributed by atoms with Crippen molar-refractivity contribution in [1.29, 1.82) is 0 Å². The molecule has 5 atom stereocenters. The maximum absolute atomic E-state index is 12.8. The zero-order valence-electron chi connectivity index (χ0n) is 18.6. The third-order valence-electron chi connectivity index (χ3n) is 7.00. The molecule has 2 aliphatic carbocycles. The number of carbonyl (C=O) groups is 2. The second kappa shape index (κ2) is 9.26. The molecule has 8 heteroatoms. The van der Waals surface area contributed by atoms with E-state index < -0.39 is 0 Å². The Morgan fingerprint density at radius 3 is 2.42 bits per heavy atom. The minimum Gasteiger partial charge on any atom is -0.468 e. The van der Waals surface area contributed by atoms with Gasteiger partial charge in [-0.2, -0.15) is 0 Å². The molecule has 31 heavy (non-hydrogen) atoms. The number of rotatable bonds is 9. The molecular formula is C23H33N5O3. The van der Waals surface area contributed by atoms with Gasteiger partial charge in [0.25, 0.3) is 0 Å². The van der Waals surface area contributed by atoms with Crippen LogP contribution in [-0.2, 0) is 9.59 Å². The van der Waals surface area contributed by atoms with E-state index in [0.29, 0.717) is 25.6 Å². The molecule has 1 aliphatic heterocycles. The number of nitrogens with zero attached hydrogens (tertiary/aromatic N) is 3. The minimum absolute atomic E-state index is 0.00369. The Morgan fingerprint density at radius 2 is 1.87 bits per heavy atom. The van der Waals surface area contributed by atoms with E-state index in [0.717, 1.165) is 25.3 Å². The first-order chi connectivity index (χ1) is 15.1. The predicted octanol–water partition coefficient (Wildman–Crippen LogP) is 1.63. The molecule has 4 rings (SSSR count). The van der Waals surface area contributed by atoms with E-state index in [1.807, 2.05) is 12.1 Å². The first-order valence-electron chi connectivity index (χ1n) is 11.3. The van der Waals surface area contributed by atoms with E-state index in [9.17, 15) is 9.59 Å². The van der Waals surface area contributed by atoms with Crippen molar-refractivity contribution in [2.45, 2.75) is 26.3 Å². The second-order valence-electron chi connectivity index (χ2n) is 8.46. The highest BCUT2D eigenvalue weighted by Crippen LogP contribution is 2.52. The van der Waals surface area contributed by atoms with Crippen LogP contribution in [0.5, 0.6) is 0 Å². The van der Waals surface area contributed by atoms with Crippen molar-refractivity contribution in [2.75, 3.05) is 39.8 Å². The Morgan fingerprint density at radius 1 is 1.19 bits per heavy atom. The van der Waals surface area contributed by atoms with Crippen LogP contribution in [0.1, 0.15) is 32.1 Å². The molecular weight excluding hydrogens is 394 g/mol. The predicted molar refractivity (Wildman–Crippen MR) is 118 cm³/mol. The molecule has 1 saturated heterocycles. The van der Waals surface area contributed by atoms with Crippen molar-refractivity contribution in [3.63, 3.8) is 0 Å². The molecule has 0 spiro atoms. The average molecular weight is 428 g/mol. The van der Waals surface area contributed by atoms with Gasteiger partial charge >= 0.3 is 0 Å². The summed E-state index contributed by atoms with van der Waals surface area (Å²) >= 11 is 0. The summed E-state index contributed by atoms with van der Waals surface area (Å²) < 4.78 is 5.65. The Labute approximate surface area is 183 Å². The normalized spacial score (nSPS) is 28.0. The number of nitrogens with one attached hydrogen (secondary N) is 2. The van der Waals surface area contributed by atoms with Crippen molar-refractivity contribution in [1.82, 2.24) is 20.4 Å². The van der Waals surface area contributed by atoms with Crippen LogP contribution >= 0.6 is 0 Å². The highest BCUT2D eigenvalue weighted by atomic mass is 16.3. The van der Waals surface area contributed by atoms with Gasteiger partial charge in [0.15, 0.2) is 5.96 Å². The van der Waals surface area contributed by atoms with Crippen LogP contribution in [0.15, 0.2) is 40.0 Å². The van der Waals surface area contributed by atoms with E-state index in [2.05, 4.69) is 46.5 Å². The number of hydrogen-bond acceptors (Lipinski definition) is 5. The Hall–Kier alpha value is -2.61. The zero-order valence-corrected chi connectivity index (χ0v) is 18.6. The minimum atomic E-state index is -0.136. The molecule has 2 fully saturated rings. The van der Waals surface area contributed by atoms with E-state index in [1.165, 1.54) is 4.90 Å². The summed E-state index contributed by atoms with van der Waals surface area (Å²) in [4.78, 5) is 33.7. The van der Waals surface area contributed by atoms with Crippen LogP contribution in [0.4, 0.5) is 0 Å². The molecule has 2 N–H and O–H groups in total. The summed E-state index contributed by atoms with van der Waals surface area (Å²) in [5, 5.41) is 6.60. The van der Waals surface area contributed by atoms with Gasteiger partial charge in [0, 0.05) is 26.7 Å². The number of fused-ring (bicyclic) bond motifs is 5. The third-order valence-corrected chi connectivity index (χ3v) is 7.00. The van der Waals surface area contributed by atoms with Crippen molar-refractivity contribution in [3.05, 3.63) is 36.3 Å². The second-order valence-corrected chi connectivity index (χ2v) is 8.46. The van der Waals surface area contributed by atoms with Crippen LogP contribution in [0.3, 0.4) is 0 Å². The number of likely N-dealkylation sites (N-methyl/N-ethyl adjacent to an activating group) is 1. The highest BCUT2D eigenvalue weighted by Gasteiger charge is 2.58. The number of likely N-dealkylation sites (tertiary alicyclic amines) is 1. The standard InChI is InChI=1S/C23H33N5O3/c1-4-27(5-2)17(18-7-6-12-31-18)14-26-23(24-3)25-10-11-28-21(29)19-15-8-9-16(13-15)20(19)22(28)30/h6-9,12,15-17,19-20H,4-5,10-11,13-14H2,1-3H3,(H2,24,25,26). The molecule has 1 aromatic heterocycles. The van der Waals surface area contributed by atoms with Gasteiger partial charge in [0.1, 0.15) is 5.76 Å². The molecule has 3 aliphatic rings. The number of amides is 2. The SMILES string of the molecule is CCN(CC)C(CNC(=NC)NCCN1C(=O)C2C3C=CC(C3)C2C1=O)c1ccco1. The largest absolute Gasteiger partial charge is 0.468 e. The molecule has 2 amide bonds. The molecule has 8 nitrogen and oxygen atoms in total. The fourth-order valence-corrected chi connectivity index (χ4v) is 5.44. The van der Waals surface area contributed by atoms with Crippen molar-refractivity contribution >= 4 is 17.8 Å². The fourth-order valence-electron chi connectivity index (χ4n) is 5.44. The first kappa shape index (κ1) is 21.6. The summed E-state index contributed by atoms with van der Waals surface area (Å²) in [6.07, 6.45) is 6.89.